The Labute approximate surface area is 136 Å². The van der Waals surface area contributed by atoms with E-state index in [1.807, 2.05) is 30.3 Å². The van der Waals surface area contributed by atoms with Gasteiger partial charge in [0.1, 0.15) is 12.6 Å². The average Bonchev–Trinajstić information content (AvgIpc) is 3.37. The van der Waals surface area contributed by atoms with Crippen LogP contribution in [0.3, 0.4) is 0 Å². The predicted molar refractivity (Wildman–Crippen MR) is 84.8 cm³/mol. The van der Waals surface area contributed by atoms with Crippen LogP contribution in [0.2, 0.25) is 0 Å². The first-order valence-electron chi connectivity index (χ1n) is 8.33. The second kappa shape index (κ2) is 7.02. The standard InChI is InChI=1S/C18H23NO4/c20-17(21)16-11-15(10-13-6-7-13)8-9-19(16)18(22)23-12-14-4-2-1-3-5-14/h1-5,13,15-16H,6-12H2,(H,20,21)/t15-,16+/m1/s1. The monoisotopic (exact) mass is 317 g/mol. The minimum atomic E-state index is -0.929. The lowest BCUT2D eigenvalue weighted by Gasteiger charge is -2.36. The summed E-state index contributed by atoms with van der Waals surface area (Å²) in [5, 5.41) is 9.46. The smallest absolute Gasteiger partial charge is 0.410 e. The number of nitrogens with zero attached hydrogens (tertiary/aromatic N) is 1. The van der Waals surface area contributed by atoms with Crippen molar-refractivity contribution in [3.8, 4) is 0 Å². The van der Waals surface area contributed by atoms with Crippen LogP contribution in [0.25, 0.3) is 0 Å². The highest BCUT2D eigenvalue weighted by Gasteiger charge is 2.38. The van der Waals surface area contributed by atoms with Crippen LogP contribution in [-0.4, -0.2) is 34.7 Å². The molecule has 0 radical (unpaired) electrons. The normalized spacial score (nSPS) is 24.3. The molecule has 0 unspecified atom stereocenters. The van der Waals surface area contributed by atoms with Crippen molar-refractivity contribution in [1.82, 2.24) is 4.90 Å². The lowest BCUT2D eigenvalue weighted by atomic mass is 9.87. The predicted octanol–water partition coefficient (Wildman–Crippen LogP) is 3.29. The van der Waals surface area contributed by atoms with Crippen LogP contribution in [0.4, 0.5) is 4.79 Å². The van der Waals surface area contributed by atoms with Gasteiger partial charge in [-0.15, -0.1) is 0 Å². The van der Waals surface area contributed by atoms with E-state index < -0.39 is 18.1 Å². The third-order valence-electron chi connectivity index (χ3n) is 4.80. The maximum atomic E-state index is 12.3. The molecule has 1 aromatic rings. The average molecular weight is 317 g/mol. The molecule has 1 N–H and O–H groups in total. The van der Waals surface area contributed by atoms with Crippen molar-refractivity contribution in [3.05, 3.63) is 35.9 Å². The van der Waals surface area contributed by atoms with Gasteiger partial charge in [0.2, 0.25) is 0 Å². The second-order valence-corrected chi connectivity index (χ2v) is 6.66. The van der Waals surface area contributed by atoms with Crippen LogP contribution >= 0.6 is 0 Å². The third kappa shape index (κ3) is 4.24. The third-order valence-corrected chi connectivity index (χ3v) is 4.80. The van der Waals surface area contributed by atoms with Gasteiger partial charge in [0.25, 0.3) is 0 Å². The minimum Gasteiger partial charge on any atom is -0.480 e. The van der Waals surface area contributed by atoms with E-state index in [2.05, 4.69) is 0 Å². The number of carbonyl (C=O) groups excluding carboxylic acids is 1. The highest BCUT2D eigenvalue weighted by atomic mass is 16.6. The Balaban J connectivity index is 1.56. The van der Waals surface area contributed by atoms with Gasteiger partial charge in [0, 0.05) is 6.54 Å². The van der Waals surface area contributed by atoms with Crippen LogP contribution in [-0.2, 0) is 16.1 Å². The summed E-state index contributed by atoms with van der Waals surface area (Å²) in [6, 6.07) is 8.67. The second-order valence-electron chi connectivity index (χ2n) is 6.66. The topological polar surface area (TPSA) is 66.8 Å². The van der Waals surface area contributed by atoms with E-state index in [1.54, 1.807) is 0 Å². The molecule has 1 aliphatic carbocycles. The molecule has 1 aromatic carbocycles. The molecule has 124 valence electrons. The number of piperidine rings is 1. The molecule has 2 aliphatic rings. The molecule has 0 bridgehead atoms. The Morgan fingerprint density at radius 2 is 1.87 bits per heavy atom. The molecule has 23 heavy (non-hydrogen) atoms. The molecular formula is C18H23NO4. The summed E-state index contributed by atoms with van der Waals surface area (Å²) in [6.07, 6.45) is 4.56. The molecule has 1 saturated heterocycles. The number of carboxylic acids is 1. The largest absolute Gasteiger partial charge is 0.480 e. The molecule has 1 amide bonds. The number of ether oxygens (including phenoxy) is 1. The zero-order valence-corrected chi connectivity index (χ0v) is 13.2. The number of hydrogen-bond acceptors (Lipinski definition) is 3. The molecule has 1 saturated carbocycles. The maximum absolute atomic E-state index is 12.3. The summed E-state index contributed by atoms with van der Waals surface area (Å²) in [4.78, 5) is 25.2. The van der Waals surface area contributed by atoms with E-state index >= 15 is 0 Å². The van der Waals surface area contributed by atoms with Crippen molar-refractivity contribution in [2.75, 3.05) is 6.54 Å². The minimum absolute atomic E-state index is 0.175. The molecule has 5 nitrogen and oxygen atoms in total. The summed E-state index contributed by atoms with van der Waals surface area (Å²) >= 11 is 0. The summed E-state index contributed by atoms with van der Waals surface area (Å²) < 4.78 is 5.30. The Morgan fingerprint density at radius 3 is 2.52 bits per heavy atom. The van der Waals surface area contributed by atoms with Gasteiger partial charge in [0.05, 0.1) is 0 Å². The van der Waals surface area contributed by atoms with Crippen molar-refractivity contribution < 1.29 is 19.4 Å². The summed E-state index contributed by atoms with van der Waals surface area (Å²) in [6.45, 7) is 0.649. The lowest BCUT2D eigenvalue weighted by Crippen LogP contribution is -2.50. The molecule has 0 spiro atoms. The molecule has 2 fully saturated rings. The number of hydrogen-bond donors (Lipinski definition) is 1. The van der Waals surface area contributed by atoms with Gasteiger partial charge < -0.3 is 9.84 Å². The van der Waals surface area contributed by atoms with E-state index in [0.29, 0.717) is 18.9 Å². The molecule has 5 heteroatoms. The first-order valence-corrected chi connectivity index (χ1v) is 8.33. The summed E-state index contributed by atoms with van der Waals surface area (Å²) in [7, 11) is 0. The van der Waals surface area contributed by atoms with E-state index in [0.717, 1.165) is 24.3 Å². The van der Waals surface area contributed by atoms with Gasteiger partial charge in [-0.05, 0) is 36.7 Å². The fourth-order valence-corrected chi connectivity index (χ4v) is 3.33. The van der Waals surface area contributed by atoms with Gasteiger partial charge >= 0.3 is 12.1 Å². The molecule has 1 heterocycles. The highest BCUT2D eigenvalue weighted by Crippen LogP contribution is 2.39. The summed E-state index contributed by atoms with van der Waals surface area (Å²) in [5.41, 5.74) is 0.899. The van der Waals surface area contributed by atoms with Crippen molar-refractivity contribution in [1.29, 1.82) is 0 Å². The van der Waals surface area contributed by atoms with Gasteiger partial charge in [-0.1, -0.05) is 43.2 Å². The summed E-state index contributed by atoms with van der Waals surface area (Å²) in [5.74, 6) is 0.273. The molecule has 1 aliphatic heterocycles. The fraction of sp³-hybridized carbons (Fsp3) is 0.556. The highest BCUT2D eigenvalue weighted by molar-refractivity contribution is 5.80. The molecule has 2 atom stereocenters. The molecule has 3 rings (SSSR count). The van der Waals surface area contributed by atoms with Crippen LogP contribution < -0.4 is 0 Å². The fourth-order valence-electron chi connectivity index (χ4n) is 3.33. The van der Waals surface area contributed by atoms with E-state index in [-0.39, 0.29) is 6.61 Å². The number of benzene rings is 1. The Morgan fingerprint density at radius 1 is 1.13 bits per heavy atom. The van der Waals surface area contributed by atoms with E-state index in [4.69, 9.17) is 4.74 Å². The number of amides is 1. The van der Waals surface area contributed by atoms with Gasteiger partial charge in [-0.2, -0.15) is 0 Å². The van der Waals surface area contributed by atoms with Gasteiger partial charge in [-0.3, -0.25) is 4.90 Å². The van der Waals surface area contributed by atoms with Crippen LogP contribution in [0.5, 0.6) is 0 Å². The van der Waals surface area contributed by atoms with Gasteiger partial charge in [-0.25, -0.2) is 9.59 Å². The van der Waals surface area contributed by atoms with Gasteiger partial charge in [0.15, 0.2) is 0 Å². The Hall–Kier alpha value is -2.04. The first-order chi connectivity index (χ1) is 11.1. The van der Waals surface area contributed by atoms with E-state index in [1.165, 1.54) is 17.7 Å². The van der Waals surface area contributed by atoms with Crippen molar-refractivity contribution in [2.24, 2.45) is 11.8 Å². The Bertz CT molecular complexity index is 555. The zero-order chi connectivity index (χ0) is 16.2. The van der Waals surface area contributed by atoms with Crippen molar-refractivity contribution in [3.63, 3.8) is 0 Å². The zero-order valence-electron chi connectivity index (χ0n) is 13.2. The van der Waals surface area contributed by atoms with E-state index in [9.17, 15) is 14.7 Å². The van der Waals surface area contributed by atoms with Crippen molar-refractivity contribution >= 4 is 12.1 Å². The van der Waals surface area contributed by atoms with Crippen molar-refractivity contribution in [2.45, 2.75) is 44.8 Å². The maximum Gasteiger partial charge on any atom is 0.410 e. The van der Waals surface area contributed by atoms with Crippen LogP contribution in [0.1, 0.15) is 37.7 Å². The quantitative estimate of drug-likeness (QED) is 0.905. The van der Waals surface area contributed by atoms with Crippen LogP contribution in [0.15, 0.2) is 30.3 Å². The molecule has 0 aromatic heterocycles. The number of aliphatic carboxylic acids is 1. The molecular weight excluding hydrogens is 294 g/mol. The SMILES string of the molecule is O=C(O)[C@@H]1C[C@@H](CC2CC2)CCN1C(=O)OCc1ccccc1. The number of rotatable bonds is 5. The van der Waals surface area contributed by atoms with Crippen LogP contribution in [0, 0.1) is 11.8 Å². The lowest BCUT2D eigenvalue weighted by molar-refractivity contribution is -0.144. The first kappa shape index (κ1) is 15.8. The Kier molecular flexibility index (Phi) is 4.84. The number of likely N-dealkylation sites (tertiary alicyclic amines) is 1. The number of carboxylic acid groups (broad SMARTS) is 1. The number of carbonyl (C=O) groups is 2.